The third-order valence-corrected chi connectivity index (χ3v) is 3.76. The van der Waals surface area contributed by atoms with Crippen LogP contribution in [0.4, 0.5) is 0 Å². The van der Waals surface area contributed by atoms with Crippen molar-refractivity contribution in [2.45, 2.75) is 64.8 Å². The van der Waals surface area contributed by atoms with Gasteiger partial charge in [0.1, 0.15) is 5.76 Å². The van der Waals surface area contributed by atoms with Crippen LogP contribution < -0.4 is 5.32 Å². The zero-order valence-corrected chi connectivity index (χ0v) is 13.2. The van der Waals surface area contributed by atoms with E-state index in [9.17, 15) is 4.79 Å². The number of ketones is 1. The average Bonchev–Trinajstić information content (AvgIpc) is 2.82. The Morgan fingerprint density at radius 1 is 1.40 bits per heavy atom. The Balaban J connectivity index is 0.00000200. The highest BCUT2D eigenvalue weighted by molar-refractivity contribution is 5.97. The Labute approximate surface area is 127 Å². The maximum absolute atomic E-state index is 12.1. The van der Waals surface area contributed by atoms with Crippen molar-refractivity contribution in [3.8, 4) is 0 Å². The smallest absolute Gasteiger partial charge is 0.168 e. The lowest BCUT2D eigenvalue weighted by atomic mass is 9.96. The van der Waals surface area contributed by atoms with E-state index in [1.54, 1.807) is 0 Å². The van der Waals surface area contributed by atoms with Crippen LogP contribution in [0, 0.1) is 0 Å². The molecule has 0 radical (unpaired) electrons. The molecule has 1 saturated heterocycles. The van der Waals surface area contributed by atoms with Gasteiger partial charge in [-0.3, -0.25) is 4.79 Å². The fourth-order valence-corrected chi connectivity index (χ4v) is 2.72. The zero-order chi connectivity index (χ0) is 13.7. The molecule has 114 valence electrons. The van der Waals surface area contributed by atoms with Crippen LogP contribution in [0.3, 0.4) is 0 Å². The van der Waals surface area contributed by atoms with E-state index >= 15 is 0 Å². The molecule has 2 heterocycles. The first-order chi connectivity index (χ1) is 9.26. The average molecular weight is 301 g/mol. The van der Waals surface area contributed by atoms with Crippen LogP contribution in [0.15, 0.2) is 4.52 Å². The summed E-state index contributed by atoms with van der Waals surface area (Å²) >= 11 is 0. The number of carbonyl (C=O) groups excluding carboxylic acids is 1. The van der Waals surface area contributed by atoms with Crippen molar-refractivity contribution in [1.29, 1.82) is 0 Å². The van der Waals surface area contributed by atoms with Gasteiger partial charge in [-0.15, -0.1) is 12.4 Å². The number of Topliss-reactive ketones (excluding diaryl/α,β-unsaturated/α-hetero) is 1. The molecule has 1 atom stereocenters. The number of aromatic nitrogens is 1. The van der Waals surface area contributed by atoms with Crippen molar-refractivity contribution in [2.24, 2.45) is 0 Å². The first-order valence-electron chi connectivity index (χ1n) is 7.50. The van der Waals surface area contributed by atoms with Crippen molar-refractivity contribution >= 4 is 18.2 Å². The summed E-state index contributed by atoms with van der Waals surface area (Å²) in [6.07, 6.45) is 6.77. The van der Waals surface area contributed by atoms with E-state index < -0.39 is 0 Å². The molecular weight excluding hydrogens is 276 g/mol. The number of hydrogen-bond donors (Lipinski definition) is 1. The van der Waals surface area contributed by atoms with Gasteiger partial charge in [0.25, 0.3) is 0 Å². The third-order valence-electron chi connectivity index (χ3n) is 3.76. The molecule has 1 aliphatic rings. The van der Waals surface area contributed by atoms with Gasteiger partial charge in [-0.2, -0.15) is 0 Å². The Kier molecular flexibility index (Phi) is 7.24. The Morgan fingerprint density at radius 2 is 2.20 bits per heavy atom. The van der Waals surface area contributed by atoms with Gasteiger partial charge in [0.05, 0.1) is 11.3 Å². The van der Waals surface area contributed by atoms with E-state index in [4.69, 9.17) is 4.52 Å². The first-order valence-corrected chi connectivity index (χ1v) is 7.50. The Bertz CT molecular complexity index is 426. The van der Waals surface area contributed by atoms with Crippen molar-refractivity contribution < 1.29 is 9.32 Å². The number of aryl methyl sites for hydroxylation is 1. The zero-order valence-electron chi connectivity index (χ0n) is 12.4. The molecule has 0 amide bonds. The third kappa shape index (κ3) is 4.06. The maximum Gasteiger partial charge on any atom is 0.168 e. The number of nitrogens with one attached hydrogen (secondary N) is 1. The Morgan fingerprint density at radius 3 is 2.80 bits per heavy atom. The molecule has 0 aliphatic carbocycles. The topological polar surface area (TPSA) is 55.1 Å². The molecule has 0 saturated carbocycles. The second kappa shape index (κ2) is 8.42. The van der Waals surface area contributed by atoms with Crippen LogP contribution in [0.2, 0.25) is 0 Å². The highest BCUT2D eigenvalue weighted by Gasteiger charge is 2.24. The van der Waals surface area contributed by atoms with Gasteiger partial charge in [-0.1, -0.05) is 31.8 Å². The normalized spacial score (nSPS) is 18.6. The molecular formula is C15H25ClN2O2. The minimum atomic E-state index is 0. The molecule has 1 aromatic rings. The summed E-state index contributed by atoms with van der Waals surface area (Å²) in [6, 6.07) is 0.430. The summed E-state index contributed by atoms with van der Waals surface area (Å²) in [7, 11) is 0. The van der Waals surface area contributed by atoms with Crippen LogP contribution in [-0.4, -0.2) is 23.5 Å². The highest BCUT2D eigenvalue weighted by Crippen LogP contribution is 2.21. The number of nitrogens with zero attached hydrogens (tertiary/aromatic N) is 1. The fraction of sp³-hybridized carbons (Fsp3) is 0.733. The largest absolute Gasteiger partial charge is 0.360 e. The van der Waals surface area contributed by atoms with Gasteiger partial charge in [0.2, 0.25) is 0 Å². The highest BCUT2D eigenvalue weighted by atomic mass is 35.5. The van der Waals surface area contributed by atoms with Gasteiger partial charge in [-0.25, -0.2) is 0 Å². The lowest BCUT2D eigenvalue weighted by molar-refractivity contribution is 0.0985. The van der Waals surface area contributed by atoms with E-state index in [0.717, 1.165) is 49.2 Å². The van der Waals surface area contributed by atoms with Gasteiger partial charge in [-0.05, 0) is 25.8 Å². The quantitative estimate of drug-likeness (QED) is 0.819. The molecule has 20 heavy (non-hydrogen) atoms. The second-order valence-electron chi connectivity index (χ2n) is 5.31. The Hall–Kier alpha value is -0.870. The standard InChI is InChI=1S/C15H24N2O2.ClH/c1-3-7-12-15(13(18)4-2)14(19-17-12)10-11-8-5-6-9-16-11;/h11,16H,3-10H2,1-2H3;1H. The monoisotopic (exact) mass is 300 g/mol. The predicted molar refractivity (Wildman–Crippen MR) is 81.7 cm³/mol. The summed E-state index contributed by atoms with van der Waals surface area (Å²) in [5, 5.41) is 7.61. The SMILES string of the molecule is CCCc1noc(CC2CCCCN2)c1C(=O)CC.Cl. The molecule has 0 aromatic carbocycles. The van der Waals surface area contributed by atoms with Crippen molar-refractivity contribution in [3.63, 3.8) is 0 Å². The van der Waals surface area contributed by atoms with E-state index in [0.29, 0.717) is 12.5 Å². The lowest BCUT2D eigenvalue weighted by Crippen LogP contribution is -2.35. The molecule has 1 fully saturated rings. The summed E-state index contributed by atoms with van der Waals surface area (Å²) in [4.78, 5) is 12.1. The summed E-state index contributed by atoms with van der Waals surface area (Å²) < 4.78 is 5.46. The molecule has 0 bridgehead atoms. The van der Waals surface area contributed by atoms with Crippen LogP contribution in [0.5, 0.6) is 0 Å². The van der Waals surface area contributed by atoms with Crippen LogP contribution in [-0.2, 0) is 12.8 Å². The number of halogens is 1. The van der Waals surface area contributed by atoms with Crippen molar-refractivity contribution in [1.82, 2.24) is 10.5 Å². The van der Waals surface area contributed by atoms with E-state index in [1.807, 2.05) is 6.92 Å². The van der Waals surface area contributed by atoms with E-state index in [1.165, 1.54) is 12.8 Å². The van der Waals surface area contributed by atoms with Gasteiger partial charge in [0, 0.05) is 18.9 Å². The van der Waals surface area contributed by atoms with Gasteiger partial charge >= 0.3 is 0 Å². The summed E-state index contributed by atoms with van der Waals surface area (Å²) in [5.41, 5.74) is 1.61. The predicted octanol–water partition coefficient (Wildman–Crippen LogP) is 3.33. The van der Waals surface area contributed by atoms with E-state index in [-0.39, 0.29) is 18.2 Å². The number of piperidine rings is 1. The number of rotatable bonds is 6. The first kappa shape index (κ1) is 17.2. The van der Waals surface area contributed by atoms with Crippen LogP contribution >= 0.6 is 12.4 Å². The van der Waals surface area contributed by atoms with Crippen LogP contribution in [0.25, 0.3) is 0 Å². The number of carbonyl (C=O) groups is 1. The summed E-state index contributed by atoms with van der Waals surface area (Å²) in [5.74, 6) is 0.949. The molecule has 1 N–H and O–H groups in total. The van der Waals surface area contributed by atoms with Gasteiger partial charge < -0.3 is 9.84 Å². The maximum atomic E-state index is 12.1. The van der Waals surface area contributed by atoms with E-state index in [2.05, 4.69) is 17.4 Å². The van der Waals surface area contributed by atoms with Crippen LogP contribution in [0.1, 0.15) is 67.8 Å². The minimum Gasteiger partial charge on any atom is -0.360 e. The van der Waals surface area contributed by atoms with Gasteiger partial charge in [0.15, 0.2) is 5.78 Å². The van der Waals surface area contributed by atoms with Crippen molar-refractivity contribution in [3.05, 3.63) is 17.0 Å². The molecule has 0 spiro atoms. The molecule has 1 aromatic heterocycles. The fourth-order valence-electron chi connectivity index (χ4n) is 2.72. The summed E-state index contributed by atoms with van der Waals surface area (Å²) in [6.45, 7) is 5.06. The molecule has 5 heteroatoms. The molecule has 2 rings (SSSR count). The molecule has 1 unspecified atom stereocenters. The number of hydrogen-bond acceptors (Lipinski definition) is 4. The van der Waals surface area contributed by atoms with Crippen molar-refractivity contribution in [2.75, 3.05) is 6.54 Å². The second-order valence-corrected chi connectivity index (χ2v) is 5.31. The lowest BCUT2D eigenvalue weighted by Gasteiger charge is -2.22. The minimum absolute atomic E-state index is 0. The molecule has 4 nitrogen and oxygen atoms in total. The molecule has 1 aliphatic heterocycles.